The first-order valence-electron chi connectivity index (χ1n) is 12.1. The van der Waals surface area contributed by atoms with Crippen molar-refractivity contribution < 1.29 is 4.79 Å². The normalized spacial score (nSPS) is 12.4. The molecule has 0 bridgehead atoms. The smallest absolute Gasteiger partial charge is 0.221 e. The van der Waals surface area contributed by atoms with Gasteiger partial charge in [-0.05, 0) is 64.1 Å². The maximum Gasteiger partial charge on any atom is 0.221 e. The van der Waals surface area contributed by atoms with Gasteiger partial charge in [-0.2, -0.15) is 0 Å². The van der Waals surface area contributed by atoms with Gasteiger partial charge < -0.3 is 20.5 Å². The molecule has 0 fully saturated rings. The Balaban J connectivity index is 0.00000194. The fourth-order valence-corrected chi connectivity index (χ4v) is 3.45. The van der Waals surface area contributed by atoms with Gasteiger partial charge in [-0.3, -0.25) is 4.79 Å². The van der Waals surface area contributed by atoms with E-state index in [1.54, 1.807) is 12.2 Å². The Kier molecular flexibility index (Phi) is 13.1. The minimum Gasteiger partial charge on any atom is -0.383 e. The summed E-state index contributed by atoms with van der Waals surface area (Å²) in [5.41, 5.74) is 4.57. The van der Waals surface area contributed by atoms with Crippen molar-refractivity contribution in [1.82, 2.24) is 14.9 Å². The first kappa shape index (κ1) is 29.7. The number of hydrogen-bond acceptors (Lipinski definition) is 4. The fourth-order valence-electron chi connectivity index (χ4n) is 3.45. The van der Waals surface area contributed by atoms with Crippen LogP contribution >= 0.6 is 0 Å². The van der Waals surface area contributed by atoms with Crippen LogP contribution in [0.4, 0.5) is 11.4 Å². The molecule has 1 aromatic carbocycles. The van der Waals surface area contributed by atoms with Crippen LogP contribution in [-0.4, -0.2) is 47.5 Å². The van der Waals surface area contributed by atoms with Crippen LogP contribution in [0.15, 0.2) is 62.2 Å². The molecule has 0 saturated heterocycles. The summed E-state index contributed by atoms with van der Waals surface area (Å²) >= 11 is 0. The molecule has 0 saturated carbocycles. The number of likely N-dealkylation sites (N-methyl/N-ethyl adjacent to an activating group) is 1. The van der Waals surface area contributed by atoms with Crippen LogP contribution in [0, 0.1) is 0 Å². The second kappa shape index (κ2) is 15.5. The Morgan fingerprint density at radius 3 is 2.40 bits per heavy atom. The maximum absolute atomic E-state index is 11.7. The van der Waals surface area contributed by atoms with Crippen LogP contribution < -0.4 is 10.6 Å². The number of aromatic amines is 1. The second-order valence-corrected chi connectivity index (χ2v) is 8.70. The minimum absolute atomic E-state index is 0.111. The highest BCUT2D eigenvalue weighted by Gasteiger charge is 2.16. The van der Waals surface area contributed by atoms with Crippen molar-refractivity contribution >= 4 is 23.4 Å². The number of nitrogens with zero attached hydrogens (tertiary/aromatic N) is 2. The highest BCUT2D eigenvalue weighted by atomic mass is 16.1. The first-order valence-corrected chi connectivity index (χ1v) is 12.1. The lowest BCUT2D eigenvalue weighted by Crippen LogP contribution is -2.34. The van der Waals surface area contributed by atoms with E-state index in [9.17, 15) is 4.79 Å². The molecular formula is C29H43N5O. The summed E-state index contributed by atoms with van der Waals surface area (Å²) in [7, 11) is 4.12. The molecule has 0 radical (unpaired) electrons. The van der Waals surface area contributed by atoms with Gasteiger partial charge in [-0.1, -0.05) is 44.7 Å². The molecule has 1 amide bonds. The zero-order valence-electron chi connectivity index (χ0n) is 22.3. The van der Waals surface area contributed by atoms with Gasteiger partial charge in [-0.15, -0.1) is 13.2 Å². The summed E-state index contributed by atoms with van der Waals surface area (Å²) in [6.07, 6.45) is 11.2. The number of anilines is 2. The van der Waals surface area contributed by atoms with Gasteiger partial charge in [0.2, 0.25) is 5.91 Å². The molecule has 1 heterocycles. The van der Waals surface area contributed by atoms with E-state index in [0.29, 0.717) is 12.0 Å². The Morgan fingerprint density at radius 2 is 1.86 bits per heavy atom. The molecule has 2 rings (SSSR count). The minimum atomic E-state index is -0.111. The van der Waals surface area contributed by atoms with E-state index in [1.807, 2.05) is 37.3 Å². The average Bonchev–Trinajstić information content (AvgIpc) is 3.24. The maximum atomic E-state index is 11.7. The van der Waals surface area contributed by atoms with Crippen LogP contribution in [0.2, 0.25) is 0 Å². The van der Waals surface area contributed by atoms with E-state index in [4.69, 9.17) is 4.98 Å². The van der Waals surface area contributed by atoms with Crippen molar-refractivity contribution in [3.05, 3.63) is 73.6 Å². The van der Waals surface area contributed by atoms with Crippen LogP contribution in [0.25, 0.3) is 17.5 Å². The predicted molar refractivity (Wildman–Crippen MR) is 153 cm³/mol. The molecule has 35 heavy (non-hydrogen) atoms. The average molecular weight is 478 g/mol. The topological polar surface area (TPSA) is 73.1 Å². The Bertz CT molecular complexity index is 1000. The van der Waals surface area contributed by atoms with E-state index in [-0.39, 0.29) is 5.91 Å². The zero-order valence-corrected chi connectivity index (χ0v) is 22.3. The molecule has 6 heteroatoms. The number of carbonyl (C=O) groups is 1. The van der Waals surface area contributed by atoms with Gasteiger partial charge in [0.1, 0.15) is 5.82 Å². The van der Waals surface area contributed by atoms with Crippen LogP contribution in [0.1, 0.15) is 57.8 Å². The molecule has 190 valence electrons. The monoisotopic (exact) mass is 477 g/mol. The summed E-state index contributed by atoms with van der Waals surface area (Å²) in [4.78, 5) is 22.3. The van der Waals surface area contributed by atoms with Crippen molar-refractivity contribution in [2.45, 2.75) is 52.5 Å². The van der Waals surface area contributed by atoms with Gasteiger partial charge in [0, 0.05) is 42.1 Å². The number of aromatic nitrogens is 2. The molecule has 2 atom stereocenters. The first-order chi connectivity index (χ1) is 16.7. The highest BCUT2D eigenvalue weighted by molar-refractivity contribution is 5.90. The number of allylic oxidation sites excluding steroid dienone is 3. The Morgan fingerprint density at radius 1 is 1.20 bits per heavy atom. The molecule has 0 aliphatic heterocycles. The van der Waals surface area contributed by atoms with E-state index in [0.717, 1.165) is 53.5 Å². The van der Waals surface area contributed by atoms with Crippen molar-refractivity contribution in [2.24, 2.45) is 0 Å². The molecule has 0 aliphatic rings. The summed E-state index contributed by atoms with van der Waals surface area (Å²) < 4.78 is 0. The third kappa shape index (κ3) is 9.79. The van der Waals surface area contributed by atoms with Crippen LogP contribution in [0.3, 0.4) is 0 Å². The zero-order chi connectivity index (χ0) is 26.4. The highest BCUT2D eigenvalue weighted by Crippen LogP contribution is 2.30. The lowest BCUT2D eigenvalue weighted by atomic mass is 10.0. The number of imidazole rings is 1. The Hall–Kier alpha value is -3.38. The quantitative estimate of drug-likeness (QED) is 0.231. The van der Waals surface area contributed by atoms with Crippen molar-refractivity contribution in [3.8, 4) is 11.4 Å². The lowest BCUT2D eigenvalue weighted by Gasteiger charge is -2.24. The second-order valence-electron chi connectivity index (χ2n) is 8.70. The number of carbonyl (C=O) groups excluding carboxylic acids is 1. The summed E-state index contributed by atoms with van der Waals surface area (Å²) in [6.45, 7) is 19.5. The van der Waals surface area contributed by atoms with Gasteiger partial charge in [0.25, 0.3) is 0 Å². The van der Waals surface area contributed by atoms with Gasteiger partial charge in [0.15, 0.2) is 0 Å². The number of benzene rings is 1. The molecule has 0 spiro atoms. The summed E-state index contributed by atoms with van der Waals surface area (Å²) in [5.74, 6) is 1.01. The largest absolute Gasteiger partial charge is 0.383 e. The molecule has 1 aromatic heterocycles. The molecule has 0 aliphatic carbocycles. The number of amides is 1. The fraction of sp³-hybridized carbons (Fsp3) is 0.379. The summed E-state index contributed by atoms with van der Waals surface area (Å²) in [5, 5.41) is 6.42. The van der Waals surface area contributed by atoms with Crippen LogP contribution in [-0.2, 0) is 4.79 Å². The molecular weight excluding hydrogens is 434 g/mol. The molecule has 3 N–H and O–H groups in total. The number of hydrogen-bond donors (Lipinski definition) is 3. The van der Waals surface area contributed by atoms with E-state index in [2.05, 4.69) is 74.3 Å². The standard InChI is InChI=1S/C26H37N5O.C3H6/c1-8-11-13-24-25(18(4)10-3)30-26(29-24)20-14-21(16-22(15-20)28-19(5)32)27-17-23(12-9-2)31(6)7;1-3-2/h8-9,11,13-16,18,23,27H,1-2,10,12,17H2,3-7H3,(H,28,32)(H,29,30);3H,1H2,2H3/b13-11-;. The van der Waals surface area contributed by atoms with Gasteiger partial charge in [-0.25, -0.2) is 4.98 Å². The van der Waals surface area contributed by atoms with E-state index >= 15 is 0 Å². The number of nitrogens with one attached hydrogen (secondary N) is 3. The number of H-pyrrole nitrogens is 1. The molecule has 6 nitrogen and oxygen atoms in total. The lowest BCUT2D eigenvalue weighted by molar-refractivity contribution is -0.114. The number of rotatable bonds is 12. The SMILES string of the molecule is C=C/C=C\c1nc(-c2cc(NCC(CC=C)N(C)C)cc(NC(C)=O)c2)[nH]c1C(C)CC.C=CC. The van der Waals surface area contributed by atoms with E-state index in [1.165, 1.54) is 6.92 Å². The third-order valence-electron chi connectivity index (χ3n) is 5.49. The van der Waals surface area contributed by atoms with Crippen molar-refractivity contribution in [1.29, 1.82) is 0 Å². The molecule has 2 aromatic rings. The Labute approximate surface area is 211 Å². The van der Waals surface area contributed by atoms with Crippen molar-refractivity contribution in [3.63, 3.8) is 0 Å². The van der Waals surface area contributed by atoms with E-state index < -0.39 is 0 Å². The van der Waals surface area contributed by atoms with Gasteiger partial charge >= 0.3 is 0 Å². The third-order valence-corrected chi connectivity index (χ3v) is 5.49. The van der Waals surface area contributed by atoms with Crippen LogP contribution in [0.5, 0.6) is 0 Å². The predicted octanol–water partition coefficient (Wildman–Crippen LogP) is 6.86. The van der Waals surface area contributed by atoms with Crippen molar-refractivity contribution in [2.75, 3.05) is 31.3 Å². The summed E-state index contributed by atoms with van der Waals surface area (Å²) in [6, 6.07) is 6.27. The van der Waals surface area contributed by atoms with Gasteiger partial charge in [0.05, 0.1) is 5.69 Å². The molecule has 2 unspecified atom stereocenters.